The van der Waals surface area contributed by atoms with E-state index in [1.807, 2.05) is 36.5 Å². The maximum absolute atomic E-state index is 13.2. The van der Waals surface area contributed by atoms with Gasteiger partial charge < -0.3 is 10.3 Å². The second kappa shape index (κ2) is 4.31. The fourth-order valence-corrected chi connectivity index (χ4v) is 2.68. The number of halogens is 1. The summed E-state index contributed by atoms with van der Waals surface area (Å²) in [4.78, 5) is 15.3. The number of rotatable bonds is 1. The molecule has 0 saturated carbocycles. The van der Waals surface area contributed by atoms with Crippen LogP contribution in [0.1, 0.15) is 11.1 Å². The fraction of sp³-hybridized carbons (Fsp3) is 0. The van der Waals surface area contributed by atoms with Crippen molar-refractivity contribution >= 4 is 34.1 Å². The van der Waals surface area contributed by atoms with Crippen molar-refractivity contribution in [1.29, 1.82) is 0 Å². The first-order chi connectivity index (χ1) is 10.2. The van der Waals surface area contributed by atoms with E-state index in [9.17, 15) is 9.18 Å². The molecule has 1 aliphatic rings. The first-order valence-corrected chi connectivity index (χ1v) is 6.61. The molecule has 0 unspecified atom stereocenters. The molecule has 0 saturated heterocycles. The number of benzene rings is 2. The lowest BCUT2D eigenvalue weighted by molar-refractivity contribution is -0.110. The Morgan fingerprint density at radius 3 is 2.86 bits per heavy atom. The van der Waals surface area contributed by atoms with E-state index >= 15 is 0 Å². The fourth-order valence-electron chi connectivity index (χ4n) is 2.68. The second-order valence-corrected chi connectivity index (χ2v) is 4.99. The molecule has 4 rings (SSSR count). The Hall–Kier alpha value is -2.88. The summed E-state index contributed by atoms with van der Waals surface area (Å²) in [6.07, 6.45) is 3.70. The van der Waals surface area contributed by atoms with E-state index in [0.29, 0.717) is 11.3 Å². The molecule has 1 amide bonds. The van der Waals surface area contributed by atoms with Gasteiger partial charge in [-0.2, -0.15) is 0 Å². The molecular formula is C17H11FN2O. The Bertz CT molecular complexity index is 908. The van der Waals surface area contributed by atoms with Crippen LogP contribution in [0.5, 0.6) is 0 Å². The molecule has 0 spiro atoms. The average molecular weight is 278 g/mol. The van der Waals surface area contributed by atoms with Gasteiger partial charge in [0.05, 0.1) is 5.69 Å². The number of hydrogen-bond donors (Lipinski definition) is 2. The largest absolute Gasteiger partial charge is 0.361 e. The Labute approximate surface area is 120 Å². The third-order valence-electron chi connectivity index (χ3n) is 3.69. The number of nitrogens with one attached hydrogen (secondary N) is 2. The minimum absolute atomic E-state index is 0.208. The summed E-state index contributed by atoms with van der Waals surface area (Å²) >= 11 is 0. The lowest BCUT2D eigenvalue weighted by Gasteiger charge is -1.98. The van der Waals surface area contributed by atoms with Crippen molar-refractivity contribution in [1.82, 2.24) is 4.98 Å². The molecule has 102 valence electrons. The van der Waals surface area contributed by atoms with Gasteiger partial charge in [0, 0.05) is 33.8 Å². The van der Waals surface area contributed by atoms with Crippen LogP contribution in [0, 0.1) is 5.82 Å². The van der Waals surface area contributed by atoms with Crippen LogP contribution < -0.4 is 5.32 Å². The molecule has 0 aliphatic carbocycles. The van der Waals surface area contributed by atoms with E-state index in [1.54, 1.807) is 6.07 Å². The van der Waals surface area contributed by atoms with Gasteiger partial charge in [-0.05, 0) is 30.3 Å². The summed E-state index contributed by atoms with van der Waals surface area (Å²) in [5.41, 5.74) is 3.75. The zero-order valence-corrected chi connectivity index (χ0v) is 11.0. The van der Waals surface area contributed by atoms with Gasteiger partial charge in [-0.25, -0.2) is 4.39 Å². The van der Waals surface area contributed by atoms with Gasteiger partial charge in [-0.3, -0.25) is 4.79 Å². The maximum Gasteiger partial charge on any atom is 0.256 e. The van der Waals surface area contributed by atoms with Crippen LogP contribution in [-0.4, -0.2) is 10.9 Å². The van der Waals surface area contributed by atoms with E-state index in [0.717, 1.165) is 22.0 Å². The van der Waals surface area contributed by atoms with Crippen molar-refractivity contribution in [2.24, 2.45) is 0 Å². The van der Waals surface area contributed by atoms with Gasteiger partial charge in [-0.15, -0.1) is 0 Å². The topological polar surface area (TPSA) is 44.9 Å². The molecule has 0 radical (unpaired) electrons. The van der Waals surface area contributed by atoms with Gasteiger partial charge in [0.2, 0.25) is 0 Å². The summed E-state index contributed by atoms with van der Waals surface area (Å²) in [6.45, 7) is 0. The van der Waals surface area contributed by atoms with Gasteiger partial charge in [-0.1, -0.05) is 18.2 Å². The molecule has 3 aromatic rings. The van der Waals surface area contributed by atoms with Crippen LogP contribution >= 0.6 is 0 Å². The Balaban J connectivity index is 1.89. The first-order valence-electron chi connectivity index (χ1n) is 6.61. The number of aromatic amines is 1. The van der Waals surface area contributed by atoms with Gasteiger partial charge >= 0.3 is 0 Å². The van der Waals surface area contributed by atoms with Crippen LogP contribution in [0.25, 0.3) is 22.6 Å². The summed E-state index contributed by atoms with van der Waals surface area (Å²) in [5.74, 6) is -0.566. The highest BCUT2D eigenvalue weighted by atomic mass is 19.1. The number of hydrogen-bond acceptors (Lipinski definition) is 1. The second-order valence-electron chi connectivity index (χ2n) is 4.99. The molecular weight excluding hydrogens is 267 g/mol. The normalized spacial score (nSPS) is 15.5. The number of H-pyrrole nitrogens is 1. The Morgan fingerprint density at radius 2 is 1.95 bits per heavy atom. The lowest BCUT2D eigenvalue weighted by Crippen LogP contribution is -2.03. The molecule has 3 nitrogen and oxygen atoms in total. The van der Waals surface area contributed by atoms with E-state index in [4.69, 9.17) is 0 Å². The predicted octanol–water partition coefficient (Wildman–Crippen LogP) is 3.80. The number of anilines is 1. The summed E-state index contributed by atoms with van der Waals surface area (Å²) < 4.78 is 13.2. The zero-order chi connectivity index (χ0) is 14.4. The first kappa shape index (κ1) is 11.9. The monoisotopic (exact) mass is 278 g/mol. The molecule has 21 heavy (non-hydrogen) atoms. The van der Waals surface area contributed by atoms with Gasteiger partial charge in [0.1, 0.15) is 5.82 Å². The number of carbonyl (C=O) groups is 1. The van der Waals surface area contributed by atoms with Gasteiger partial charge in [0.25, 0.3) is 5.91 Å². The van der Waals surface area contributed by atoms with Crippen molar-refractivity contribution < 1.29 is 9.18 Å². The molecule has 0 bridgehead atoms. The summed E-state index contributed by atoms with van der Waals surface area (Å²) in [5, 5.41) is 3.74. The number of amides is 1. The van der Waals surface area contributed by atoms with Crippen molar-refractivity contribution in [3.05, 3.63) is 65.6 Å². The molecule has 0 atom stereocenters. The van der Waals surface area contributed by atoms with E-state index in [-0.39, 0.29) is 11.7 Å². The average Bonchev–Trinajstić information content (AvgIpc) is 3.01. The smallest absolute Gasteiger partial charge is 0.256 e. The lowest BCUT2D eigenvalue weighted by atomic mass is 10.0. The SMILES string of the molecule is O=C1Nc2cc(F)ccc2/C1=C/c1c[nH]c2ccccc12. The van der Waals surface area contributed by atoms with Crippen LogP contribution in [0.4, 0.5) is 10.1 Å². The predicted molar refractivity (Wildman–Crippen MR) is 81.2 cm³/mol. The Morgan fingerprint density at radius 1 is 1.10 bits per heavy atom. The minimum atomic E-state index is -0.359. The van der Waals surface area contributed by atoms with Crippen molar-refractivity contribution in [3.63, 3.8) is 0 Å². The van der Waals surface area contributed by atoms with E-state index < -0.39 is 0 Å². The van der Waals surface area contributed by atoms with Crippen molar-refractivity contribution in [3.8, 4) is 0 Å². The van der Waals surface area contributed by atoms with E-state index in [1.165, 1.54) is 12.1 Å². The van der Waals surface area contributed by atoms with Crippen LogP contribution in [-0.2, 0) is 4.79 Å². The number of carbonyl (C=O) groups excluding carboxylic acids is 1. The van der Waals surface area contributed by atoms with Gasteiger partial charge in [0.15, 0.2) is 0 Å². The standard InChI is InChI=1S/C17H11FN2O/c18-11-5-6-13-14(17(21)20-16(13)8-11)7-10-9-19-15-4-2-1-3-12(10)15/h1-9,19H,(H,20,21)/b14-7-. The quantitative estimate of drug-likeness (QED) is 0.653. The summed E-state index contributed by atoms with van der Waals surface area (Å²) in [7, 11) is 0. The highest BCUT2D eigenvalue weighted by Crippen LogP contribution is 2.34. The van der Waals surface area contributed by atoms with Crippen LogP contribution in [0.15, 0.2) is 48.7 Å². The molecule has 2 aromatic carbocycles. The molecule has 2 heterocycles. The number of aromatic nitrogens is 1. The zero-order valence-electron chi connectivity index (χ0n) is 11.0. The van der Waals surface area contributed by atoms with E-state index in [2.05, 4.69) is 10.3 Å². The maximum atomic E-state index is 13.2. The third-order valence-corrected chi connectivity index (χ3v) is 3.69. The molecule has 1 aliphatic heterocycles. The molecule has 4 heteroatoms. The Kier molecular flexibility index (Phi) is 2.44. The molecule has 1 aromatic heterocycles. The highest BCUT2D eigenvalue weighted by molar-refractivity contribution is 6.35. The minimum Gasteiger partial charge on any atom is -0.361 e. The molecule has 2 N–H and O–H groups in total. The molecule has 0 fully saturated rings. The highest BCUT2D eigenvalue weighted by Gasteiger charge is 2.24. The van der Waals surface area contributed by atoms with Crippen molar-refractivity contribution in [2.75, 3.05) is 5.32 Å². The number of fused-ring (bicyclic) bond motifs is 2. The van der Waals surface area contributed by atoms with Crippen LogP contribution in [0.2, 0.25) is 0 Å². The van der Waals surface area contributed by atoms with Crippen LogP contribution in [0.3, 0.4) is 0 Å². The number of para-hydroxylation sites is 1. The summed E-state index contributed by atoms with van der Waals surface area (Å²) in [6, 6.07) is 12.2. The van der Waals surface area contributed by atoms with Crippen molar-refractivity contribution in [2.45, 2.75) is 0 Å². The third kappa shape index (κ3) is 1.84.